The van der Waals surface area contributed by atoms with Crippen LogP contribution in [0, 0.1) is 5.92 Å². The van der Waals surface area contributed by atoms with Crippen molar-refractivity contribution in [2.75, 3.05) is 14.2 Å². The Morgan fingerprint density at radius 1 is 0.500 bits per heavy atom. The molecule has 8 aromatic carbocycles. The van der Waals surface area contributed by atoms with E-state index in [1.54, 1.807) is 14.2 Å². The summed E-state index contributed by atoms with van der Waals surface area (Å²) >= 11 is 0. The van der Waals surface area contributed by atoms with E-state index in [2.05, 4.69) is 176 Å². The first-order chi connectivity index (χ1) is 27.6. The second kappa shape index (κ2) is 13.8. The quantitative estimate of drug-likeness (QED) is 0.164. The first-order valence-corrected chi connectivity index (χ1v) is 19.2. The lowest BCUT2D eigenvalue weighted by Crippen LogP contribution is -2.55. The summed E-state index contributed by atoms with van der Waals surface area (Å²) in [5.74, 6) is 1.24. The minimum Gasteiger partial charge on any atom is -0.497 e. The van der Waals surface area contributed by atoms with Crippen LogP contribution in [0.2, 0.25) is 0 Å². The van der Waals surface area contributed by atoms with E-state index >= 15 is 0 Å². The Kier molecular flexibility index (Phi) is 8.33. The van der Waals surface area contributed by atoms with Crippen molar-refractivity contribution in [2.24, 2.45) is 5.92 Å². The van der Waals surface area contributed by atoms with Crippen molar-refractivity contribution in [3.8, 4) is 23.0 Å². The summed E-state index contributed by atoms with van der Waals surface area (Å²) in [6.45, 7) is 0. The molecule has 0 N–H and O–H groups in total. The molecule has 0 amide bonds. The summed E-state index contributed by atoms with van der Waals surface area (Å²) in [6, 6.07) is 64.1. The van der Waals surface area contributed by atoms with Crippen LogP contribution in [0.25, 0.3) is 27.1 Å². The fourth-order valence-corrected chi connectivity index (χ4v) is 9.18. The van der Waals surface area contributed by atoms with Gasteiger partial charge in [-0.2, -0.15) is 0 Å². The third-order valence-electron chi connectivity index (χ3n) is 11.7. The van der Waals surface area contributed by atoms with Crippen LogP contribution in [0.3, 0.4) is 0 Å². The van der Waals surface area contributed by atoms with E-state index in [1.807, 2.05) is 12.1 Å². The first kappa shape index (κ1) is 33.8. The van der Waals surface area contributed by atoms with E-state index in [4.69, 9.17) is 18.9 Å². The van der Waals surface area contributed by atoms with Gasteiger partial charge in [-0.15, -0.1) is 0 Å². The van der Waals surface area contributed by atoms with Crippen LogP contribution < -0.4 is 18.9 Å². The highest BCUT2D eigenvalue weighted by atomic mass is 16.7. The number of hydrogen-bond donors (Lipinski definition) is 0. The number of benzene rings is 8. The Morgan fingerprint density at radius 2 is 0.982 bits per heavy atom. The molecule has 10 rings (SSSR count). The maximum atomic E-state index is 7.56. The summed E-state index contributed by atoms with van der Waals surface area (Å²) in [6.07, 6.45) is 2.50. The second-order valence-electron chi connectivity index (χ2n) is 14.6. The van der Waals surface area contributed by atoms with E-state index < -0.39 is 5.79 Å². The first-order valence-electron chi connectivity index (χ1n) is 19.2. The van der Waals surface area contributed by atoms with Crippen molar-refractivity contribution in [2.45, 2.75) is 17.6 Å². The van der Waals surface area contributed by atoms with Gasteiger partial charge in [0.15, 0.2) is 0 Å². The van der Waals surface area contributed by atoms with Crippen molar-refractivity contribution < 1.29 is 18.9 Å². The zero-order valence-corrected chi connectivity index (χ0v) is 31.3. The van der Waals surface area contributed by atoms with Gasteiger partial charge in [-0.1, -0.05) is 140 Å². The molecular formula is C52H40O4. The largest absolute Gasteiger partial charge is 0.497 e. The number of hydrogen-bond acceptors (Lipinski definition) is 4. The highest BCUT2D eigenvalue weighted by molar-refractivity contribution is 5.92. The van der Waals surface area contributed by atoms with E-state index in [0.29, 0.717) is 0 Å². The second-order valence-corrected chi connectivity index (χ2v) is 14.6. The maximum Gasteiger partial charge on any atom is 0.282 e. The maximum absolute atomic E-state index is 7.56. The van der Waals surface area contributed by atoms with Gasteiger partial charge in [0.2, 0.25) is 0 Å². The Labute approximate surface area is 327 Å². The van der Waals surface area contributed by atoms with Gasteiger partial charge in [-0.3, -0.25) is 0 Å². The topological polar surface area (TPSA) is 36.9 Å². The lowest BCUT2D eigenvalue weighted by molar-refractivity contribution is -0.192. The van der Waals surface area contributed by atoms with Gasteiger partial charge in [-0.05, 0) is 92.3 Å². The molecule has 4 nitrogen and oxygen atoms in total. The molecule has 4 unspecified atom stereocenters. The highest BCUT2D eigenvalue weighted by Crippen LogP contribution is 2.63. The van der Waals surface area contributed by atoms with Crippen LogP contribution in [0.4, 0.5) is 0 Å². The van der Waals surface area contributed by atoms with E-state index in [1.165, 1.54) is 0 Å². The van der Waals surface area contributed by atoms with Crippen molar-refractivity contribution in [1.82, 2.24) is 0 Å². The van der Waals surface area contributed by atoms with Gasteiger partial charge in [0.25, 0.3) is 5.79 Å². The van der Waals surface area contributed by atoms with Gasteiger partial charge in [-0.25, -0.2) is 0 Å². The smallest absolute Gasteiger partial charge is 0.282 e. The van der Waals surface area contributed by atoms with Crippen molar-refractivity contribution in [3.05, 3.63) is 221 Å². The van der Waals surface area contributed by atoms with Crippen molar-refractivity contribution >= 4 is 27.1 Å². The summed E-state index contributed by atoms with van der Waals surface area (Å²) in [4.78, 5) is 0. The molecule has 56 heavy (non-hydrogen) atoms. The Bertz CT molecular complexity index is 2680. The monoisotopic (exact) mass is 728 g/mol. The molecule has 2 heterocycles. The third-order valence-corrected chi connectivity index (χ3v) is 11.7. The van der Waals surface area contributed by atoms with Gasteiger partial charge in [0, 0.05) is 28.5 Å². The normalized spacial score (nSPS) is 19.4. The molecular weight excluding hydrogens is 689 g/mol. The highest BCUT2D eigenvalue weighted by Gasteiger charge is 2.60. The number of rotatable bonds is 7. The number of fused-ring (bicyclic) bond motifs is 7. The lowest BCUT2D eigenvalue weighted by Gasteiger charge is -2.54. The predicted octanol–water partition coefficient (Wildman–Crippen LogP) is 12.3. The molecule has 0 saturated heterocycles. The Morgan fingerprint density at radius 3 is 1.54 bits per heavy atom. The molecule has 0 radical (unpaired) electrons. The number of allylic oxidation sites excluding steroid dienone is 1. The molecule has 4 atom stereocenters. The van der Waals surface area contributed by atoms with E-state index in [-0.39, 0.29) is 17.8 Å². The molecule has 4 heteroatoms. The van der Waals surface area contributed by atoms with Crippen LogP contribution in [-0.2, 0) is 5.79 Å². The summed E-state index contributed by atoms with van der Waals surface area (Å²) in [5.41, 5.74) is 7.80. The molecule has 8 aromatic rings. The minimum atomic E-state index is -1.25. The number of methoxy groups -OCH3 is 2. The van der Waals surface area contributed by atoms with E-state index in [0.717, 1.165) is 83.5 Å². The van der Waals surface area contributed by atoms with Gasteiger partial charge in [0.05, 0.1) is 20.1 Å². The van der Waals surface area contributed by atoms with Gasteiger partial charge in [0.1, 0.15) is 23.0 Å². The van der Waals surface area contributed by atoms with Crippen LogP contribution in [0.15, 0.2) is 188 Å². The van der Waals surface area contributed by atoms with Gasteiger partial charge >= 0.3 is 0 Å². The molecule has 2 aliphatic heterocycles. The van der Waals surface area contributed by atoms with Crippen molar-refractivity contribution in [3.63, 3.8) is 0 Å². The molecule has 272 valence electrons. The zero-order chi connectivity index (χ0) is 37.6. The average Bonchev–Trinajstić information content (AvgIpc) is 3.27. The Balaban J connectivity index is 1.36. The fraction of sp³-hybridized carbons (Fsp3) is 0.115. The minimum absolute atomic E-state index is 0.181. The van der Waals surface area contributed by atoms with Crippen LogP contribution >= 0.6 is 0 Å². The molecule has 0 spiro atoms. The summed E-state index contributed by atoms with van der Waals surface area (Å²) in [5, 5.41) is 4.64. The fourth-order valence-electron chi connectivity index (χ4n) is 9.18. The third kappa shape index (κ3) is 5.52. The molecule has 0 bridgehead atoms. The summed E-state index contributed by atoms with van der Waals surface area (Å²) in [7, 11) is 3.41. The molecule has 2 aliphatic rings. The molecule has 0 fully saturated rings. The summed E-state index contributed by atoms with van der Waals surface area (Å²) < 4.78 is 26.5. The average molecular weight is 729 g/mol. The standard InChI is InChI=1S/C52H40O4/c1-53-40-27-21-38(22-28-40)48-50-43-20-12-10-18-37(43)24-32-47(50)56-52(39-25-29-41(54-2)30-26-39)51(48)45(49-42-19-11-9-17-36(42)23-31-46(49)55-52)33-44(34-13-5-3-6-14-34)35-15-7-4-8-16-35/h3-33,45,48,51H,1-2H3. The predicted molar refractivity (Wildman–Crippen MR) is 225 cm³/mol. The van der Waals surface area contributed by atoms with Gasteiger partial charge < -0.3 is 18.9 Å². The SMILES string of the molecule is COc1ccc(C2c3c(ccc4ccccc34)OC3(c4ccc(OC)cc4)Oc4ccc5ccccc5c4C(C=C(c4ccccc4)c4ccccc4)C23)cc1. The van der Waals surface area contributed by atoms with E-state index in [9.17, 15) is 0 Å². The Hall–Kier alpha value is -6.78. The number of ether oxygens (including phenoxy) is 4. The van der Waals surface area contributed by atoms with Crippen LogP contribution in [0.5, 0.6) is 23.0 Å². The lowest BCUT2D eigenvalue weighted by atomic mass is 9.62. The van der Waals surface area contributed by atoms with Crippen molar-refractivity contribution in [1.29, 1.82) is 0 Å². The molecule has 0 saturated carbocycles. The molecule has 0 aliphatic carbocycles. The zero-order valence-electron chi connectivity index (χ0n) is 31.3. The van der Waals surface area contributed by atoms with Crippen LogP contribution in [-0.4, -0.2) is 14.2 Å². The van der Waals surface area contributed by atoms with Crippen LogP contribution in [0.1, 0.15) is 45.2 Å². The molecule has 0 aromatic heterocycles.